The van der Waals surface area contributed by atoms with Crippen LogP contribution in [0, 0.1) is 0 Å². The summed E-state index contributed by atoms with van der Waals surface area (Å²) in [7, 11) is 1.29. The Morgan fingerprint density at radius 3 is 2.57 bits per heavy atom. The van der Waals surface area contributed by atoms with E-state index in [1.807, 2.05) is 12.1 Å². The summed E-state index contributed by atoms with van der Waals surface area (Å²) in [6, 6.07) is 7.09. The number of carbonyl (C=O) groups excluding carboxylic acids is 2. The minimum Gasteiger partial charge on any atom is -0.468 e. The van der Waals surface area contributed by atoms with Crippen molar-refractivity contribution >= 4 is 23.5 Å². The van der Waals surface area contributed by atoms with Crippen molar-refractivity contribution < 1.29 is 19.1 Å². The van der Waals surface area contributed by atoms with E-state index in [4.69, 9.17) is 16.3 Å². The molecule has 0 radical (unpaired) electrons. The SMILES string of the molecule is C=CCCOC(C)C(=O)N(CC(=O)OC)Cc1ccc(Cl)cc1. The zero-order valence-corrected chi connectivity index (χ0v) is 14.2. The van der Waals surface area contributed by atoms with Crippen molar-refractivity contribution in [1.82, 2.24) is 4.90 Å². The molecule has 0 saturated carbocycles. The molecule has 0 N–H and O–H groups in total. The van der Waals surface area contributed by atoms with Crippen LogP contribution in [0.15, 0.2) is 36.9 Å². The molecule has 0 saturated heterocycles. The summed E-state index contributed by atoms with van der Waals surface area (Å²) >= 11 is 5.86. The van der Waals surface area contributed by atoms with Gasteiger partial charge in [-0.05, 0) is 31.0 Å². The molecule has 23 heavy (non-hydrogen) atoms. The lowest BCUT2D eigenvalue weighted by molar-refractivity contribution is -0.152. The molecule has 1 atom stereocenters. The Balaban J connectivity index is 2.77. The van der Waals surface area contributed by atoms with Gasteiger partial charge in [0.1, 0.15) is 12.6 Å². The zero-order valence-electron chi connectivity index (χ0n) is 13.5. The molecular weight excluding hydrogens is 318 g/mol. The van der Waals surface area contributed by atoms with Crippen LogP contribution in [0.2, 0.25) is 5.02 Å². The van der Waals surface area contributed by atoms with E-state index < -0.39 is 12.1 Å². The number of ether oxygens (including phenoxy) is 2. The van der Waals surface area contributed by atoms with E-state index in [0.29, 0.717) is 18.1 Å². The first-order chi connectivity index (χ1) is 11.0. The normalized spacial score (nSPS) is 11.6. The number of halogens is 1. The maximum atomic E-state index is 12.5. The van der Waals surface area contributed by atoms with E-state index in [9.17, 15) is 9.59 Å². The summed E-state index contributed by atoms with van der Waals surface area (Å²) in [5, 5.41) is 0.612. The quantitative estimate of drug-likeness (QED) is 0.394. The van der Waals surface area contributed by atoms with Crippen molar-refractivity contribution in [3.05, 3.63) is 47.5 Å². The van der Waals surface area contributed by atoms with E-state index in [1.165, 1.54) is 12.0 Å². The van der Waals surface area contributed by atoms with Crippen molar-refractivity contribution in [2.45, 2.75) is 26.0 Å². The summed E-state index contributed by atoms with van der Waals surface area (Å²) in [5.74, 6) is -0.750. The second-order valence-electron chi connectivity index (χ2n) is 4.99. The minimum atomic E-state index is -0.646. The Morgan fingerprint density at radius 2 is 2.00 bits per heavy atom. The van der Waals surface area contributed by atoms with Crippen LogP contribution >= 0.6 is 11.6 Å². The highest BCUT2D eigenvalue weighted by molar-refractivity contribution is 6.30. The lowest BCUT2D eigenvalue weighted by Gasteiger charge is -2.25. The fourth-order valence-corrected chi connectivity index (χ4v) is 2.02. The topological polar surface area (TPSA) is 55.8 Å². The van der Waals surface area contributed by atoms with Gasteiger partial charge in [0.2, 0.25) is 0 Å². The van der Waals surface area contributed by atoms with E-state index in [-0.39, 0.29) is 19.0 Å². The number of amides is 1. The van der Waals surface area contributed by atoms with Crippen molar-refractivity contribution in [2.75, 3.05) is 20.3 Å². The van der Waals surface area contributed by atoms with Crippen LogP contribution in [0.5, 0.6) is 0 Å². The van der Waals surface area contributed by atoms with Crippen molar-refractivity contribution in [3.8, 4) is 0 Å². The Bertz CT molecular complexity index is 530. The van der Waals surface area contributed by atoms with Crippen molar-refractivity contribution in [1.29, 1.82) is 0 Å². The lowest BCUT2D eigenvalue weighted by atomic mass is 10.2. The summed E-state index contributed by atoms with van der Waals surface area (Å²) < 4.78 is 10.1. The average molecular weight is 340 g/mol. The van der Waals surface area contributed by atoms with Crippen molar-refractivity contribution in [3.63, 3.8) is 0 Å². The van der Waals surface area contributed by atoms with Gasteiger partial charge in [0.25, 0.3) is 5.91 Å². The second kappa shape index (κ2) is 10.0. The van der Waals surface area contributed by atoms with Crippen LogP contribution in [0.25, 0.3) is 0 Å². The van der Waals surface area contributed by atoms with Gasteiger partial charge in [-0.1, -0.05) is 29.8 Å². The largest absolute Gasteiger partial charge is 0.468 e. The third kappa shape index (κ3) is 6.84. The third-order valence-electron chi connectivity index (χ3n) is 3.18. The molecule has 0 aliphatic rings. The summed E-state index contributed by atoms with van der Waals surface area (Å²) in [5.41, 5.74) is 0.866. The third-order valence-corrected chi connectivity index (χ3v) is 3.44. The summed E-state index contributed by atoms with van der Waals surface area (Å²) in [6.07, 6.45) is 1.73. The van der Waals surface area contributed by atoms with Gasteiger partial charge in [0.15, 0.2) is 0 Å². The molecule has 0 spiro atoms. The monoisotopic (exact) mass is 339 g/mol. The average Bonchev–Trinajstić information content (AvgIpc) is 2.55. The van der Waals surface area contributed by atoms with Gasteiger partial charge in [-0.2, -0.15) is 0 Å². The number of nitrogens with zero attached hydrogens (tertiary/aromatic N) is 1. The van der Waals surface area contributed by atoms with E-state index in [0.717, 1.165) is 5.56 Å². The number of benzene rings is 1. The molecule has 5 nitrogen and oxygen atoms in total. The maximum Gasteiger partial charge on any atom is 0.325 e. The maximum absolute atomic E-state index is 12.5. The van der Waals surface area contributed by atoms with Crippen LogP contribution in [0.3, 0.4) is 0 Å². The van der Waals surface area contributed by atoms with Gasteiger partial charge >= 0.3 is 5.97 Å². The van der Waals surface area contributed by atoms with Crippen LogP contribution in [-0.2, 0) is 25.6 Å². The zero-order chi connectivity index (χ0) is 17.2. The van der Waals surface area contributed by atoms with Crippen LogP contribution in [0.1, 0.15) is 18.9 Å². The molecule has 0 fully saturated rings. The molecule has 6 heteroatoms. The number of esters is 1. The molecular formula is C17H22ClNO4. The van der Waals surface area contributed by atoms with Gasteiger partial charge in [-0.15, -0.1) is 6.58 Å². The predicted octanol–water partition coefficient (Wildman–Crippen LogP) is 2.82. The Morgan fingerprint density at radius 1 is 1.35 bits per heavy atom. The number of hydrogen-bond acceptors (Lipinski definition) is 4. The molecule has 0 heterocycles. The predicted molar refractivity (Wildman–Crippen MR) is 89.1 cm³/mol. The molecule has 1 aromatic rings. The minimum absolute atomic E-state index is 0.132. The number of methoxy groups -OCH3 is 1. The molecule has 0 bridgehead atoms. The first-order valence-corrected chi connectivity index (χ1v) is 7.68. The van der Waals surface area contributed by atoms with Gasteiger partial charge in [-0.3, -0.25) is 9.59 Å². The molecule has 1 amide bonds. The molecule has 1 unspecified atom stereocenters. The van der Waals surface area contributed by atoms with Gasteiger partial charge in [-0.25, -0.2) is 0 Å². The Kier molecular flexibility index (Phi) is 8.37. The standard InChI is InChI=1S/C17H22ClNO4/c1-4-5-10-23-13(2)17(21)19(12-16(20)22-3)11-14-6-8-15(18)9-7-14/h4,6-9,13H,1,5,10-12H2,2-3H3. The van der Waals surface area contributed by atoms with Gasteiger partial charge in [0, 0.05) is 11.6 Å². The molecule has 1 aromatic carbocycles. The number of rotatable bonds is 9. The smallest absolute Gasteiger partial charge is 0.325 e. The Labute approximate surface area is 141 Å². The van der Waals surface area contributed by atoms with Crippen molar-refractivity contribution in [2.24, 2.45) is 0 Å². The molecule has 0 aliphatic carbocycles. The molecule has 0 aliphatic heterocycles. The van der Waals surface area contributed by atoms with Crippen LogP contribution in [-0.4, -0.2) is 43.1 Å². The van der Waals surface area contributed by atoms with Gasteiger partial charge < -0.3 is 14.4 Å². The fraction of sp³-hybridized carbons (Fsp3) is 0.412. The molecule has 1 rings (SSSR count). The number of carbonyl (C=O) groups is 2. The Hall–Kier alpha value is -1.85. The van der Waals surface area contributed by atoms with E-state index >= 15 is 0 Å². The fourth-order valence-electron chi connectivity index (χ4n) is 1.90. The van der Waals surface area contributed by atoms with Crippen LogP contribution in [0.4, 0.5) is 0 Å². The highest BCUT2D eigenvalue weighted by Crippen LogP contribution is 2.13. The number of hydrogen-bond donors (Lipinski definition) is 0. The first kappa shape index (κ1) is 19.2. The first-order valence-electron chi connectivity index (χ1n) is 7.30. The van der Waals surface area contributed by atoms with Gasteiger partial charge in [0.05, 0.1) is 13.7 Å². The highest BCUT2D eigenvalue weighted by atomic mass is 35.5. The molecule has 0 aromatic heterocycles. The summed E-state index contributed by atoms with van der Waals surface area (Å²) in [6.45, 7) is 5.82. The second-order valence-corrected chi connectivity index (χ2v) is 5.42. The van der Waals surface area contributed by atoms with Crippen LogP contribution < -0.4 is 0 Å². The molecule has 126 valence electrons. The van der Waals surface area contributed by atoms with E-state index in [2.05, 4.69) is 11.3 Å². The highest BCUT2D eigenvalue weighted by Gasteiger charge is 2.23. The van der Waals surface area contributed by atoms with E-state index in [1.54, 1.807) is 25.1 Å². The lowest BCUT2D eigenvalue weighted by Crippen LogP contribution is -2.42. The summed E-state index contributed by atoms with van der Waals surface area (Å²) in [4.78, 5) is 25.5.